The van der Waals surface area contributed by atoms with E-state index in [4.69, 9.17) is 4.74 Å². The van der Waals surface area contributed by atoms with Crippen molar-refractivity contribution in [2.24, 2.45) is 11.8 Å². The Morgan fingerprint density at radius 2 is 1.80 bits per heavy atom. The van der Waals surface area contributed by atoms with Crippen LogP contribution in [0.1, 0.15) is 78.6 Å². The molecule has 0 bridgehead atoms. The molecule has 1 N–H and O–H groups in total. The van der Waals surface area contributed by atoms with Crippen LogP contribution in [-0.2, 0) is 4.74 Å². The van der Waals surface area contributed by atoms with Crippen molar-refractivity contribution in [3.63, 3.8) is 0 Å². The first-order valence-electron chi connectivity index (χ1n) is 9.12. The molecule has 1 fully saturated rings. The summed E-state index contributed by atoms with van der Waals surface area (Å²) in [5, 5.41) is 3.78. The highest BCUT2D eigenvalue weighted by Gasteiger charge is 2.29. The van der Waals surface area contributed by atoms with Gasteiger partial charge in [0.15, 0.2) is 0 Å². The van der Waals surface area contributed by atoms with Crippen LogP contribution in [0.4, 0.5) is 0 Å². The highest BCUT2D eigenvalue weighted by atomic mass is 16.5. The number of ether oxygens (including phenoxy) is 1. The summed E-state index contributed by atoms with van der Waals surface area (Å²) < 4.78 is 5.80. The van der Waals surface area contributed by atoms with Crippen molar-refractivity contribution in [3.8, 4) is 0 Å². The SMILES string of the molecule is CCCCOCCC1CC(CCC)CCC1NCCC. The van der Waals surface area contributed by atoms with Gasteiger partial charge in [0, 0.05) is 19.3 Å². The summed E-state index contributed by atoms with van der Waals surface area (Å²) >= 11 is 0. The molecule has 1 aliphatic rings. The summed E-state index contributed by atoms with van der Waals surface area (Å²) in [7, 11) is 0. The van der Waals surface area contributed by atoms with E-state index in [9.17, 15) is 0 Å². The van der Waals surface area contributed by atoms with Gasteiger partial charge in [0.25, 0.3) is 0 Å². The van der Waals surface area contributed by atoms with Gasteiger partial charge in [-0.05, 0) is 56.9 Å². The lowest BCUT2D eigenvalue weighted by Crippen LogP contribution is -2.41. The van der Waals surface area contributed by atoms with E-state index in [1.165, 1.54) is 64.3 Å². The van der Waals surface area contributed by atoms with Gasteiger partial charge in [-0.2, -0.15) is 0 Å². The first-order chi connectivity index (χ1) is 9.81. The first kappa shape index (κ1) is 18.0. The number of hydrogen-bond donors (Lipinski definition) is 1. The summed E-state index contributed by atoms with van der Waals surface area (Å²) in [4.78, 5) is 0. The van der Waals surface area contributed by atoms with E-state index in [1.54, 1.807) is 0 Å². The molecule has 20 heavy (non-hydrogen) atoms. The predicted octanol–water partition coefficient (Wildman–Crippen LogP) is 4.78. The van der Waals surface area contributed by atoms with Gasteiger partial charge in [0.05, 0.1) is 0 Å². The molecule has 0 amide bonds. The summed E-state index contributed by atoms with van der Waals surface area (Å²) in [6, 6.07) is 0.748. The van der Waals surface area contributed by atoms with Gasteiger partial charge >= 0.3 is 0 Å². The molecule has 3 unspecified atom stereocenters. The second-order valence-electron chi connectivity index (χ2n) is 6.54. The minimum Gasteiger partial charge on any atom is -0.381 e. The molecular weight excluding hydrogens is 246 g/mol. The lowest BCUT2D eigenvalue weighted by Gasteiger charge is -2.37. The van der Waals surface area contributed by atoms with Crippen LogP contribution < -0.4 is 5.32 Å². The molecule has 1 rings (SSSR count). The monoisotopic (exact) mass is 283 g/mol. The molecule has 2 heteroatoms. The van der Waals surface area contributed by atoms with Crippen LogP contribution in [0.2, 0.25) is 0 Å². The van der Waals surface area contributed by atoms with Crippen LogP contribution in [0.25, 0.3) is 0 Å². The summed E-state index contributed by atoms with van der Waals surface area (Å²) in [5.74, 6) is 1.81. The van der Waals surface area contributed by atoms with E-state index in [1.807, 2.05) is 0 Å². The summed E-state index contributed by atoms with van der Waals surface area (Å²) in [5.41, 5.74) is 0. The Hall–Kier alpha value is -0.0800. The van der Waals surface area contributed by atoms with Crippen molar-refractivity contribution in [1.82, 2.24) is 5.32 Å². The lowest BCUT2D eigenvalue weighted by atomic mass is 9.75. The fourth-order valence-corrected chi connectivity index (χ4v) is 3.53. The zero-order chi connectivity index (χ0) is 14.6. The third-order valence-electron chi connectivity index (χ3n) is 4.72. The van der Waals surface area contributed by atoms with E-state index in [-0.39, 0.29) is 0 Å². The average molecular weight is 284 g/mol. The Kier molecular flexibility index (Phi) is 10.4. The standard InChI is InChI=1S/C18H37NO/c1-4-7-13-20-14-11-17-15-16(8-5-2)9-10-18(17)19-12-6-3/h16-19H,4-15H2,1-3H3. The third kappa shape index (κ3) is 7.08. The topological polar surface area (TPSA) is 21.3 Å². The maximum absolute atomic E-state index is 5.80. The second kappa shape index (κ2) is 11.6. The molecule has 0 spiro atoms. The van der Waals surface area contributed by atoms with Crippen LogP contribution in [0.5, 0.6) is 0 Å². The number of hydrogen-bond acceptors (Lipinski definition) is 2. The molecule has 0 aliphatic heterocycles. The van der Waals surface area contributed by atoms with E-state index in [0.29, 0.717) is 0 Å². The Labute approximate surface area is 127 Å². The molecule has 0 heterocycles. The van der Waals surface area contributed by atoms with Gasteiger partial charge < -0.3 is 10.1 Å². The molecule has 0 radical (unpaired) electrons. The molecule has 1 saturated carbocycles. The largest absolute Gasteiger partial charge is 0.381 e. The van der Waals surface area contributed by atoms with Gasteiger partial charge in [-0.25, -0.2) is 0 Å². The van der Waals surface area contributed by atoms with Gasteiger partial charge in [0.1, 0.15) is 0 Å². The van der Waals surface area contributed by atoms with Crippen molar-refractivity contribution in [2.45, 2.75) is 84.6 Å². The van der Waals surface area contributed by atoms with Crippen LogP contribution in [0.3, 0.4) is 0 Å². The number of nitrogens with one attached hydrogen (secondary N) is 1. The smallest absolute Gasteiger partial charge is 0.0469 e. The average Bonchev–Trinajstić information content (AvgIpc) is 2.46. The van der Waals surface area contributed by atoms with Crippen molar-refractivity contribution < 1.29 is 4.74 Å². The second-order valence-corrected chi connectivity index (χ2v) is 6.54. The summed E-state index contributed by atoms with van der Waals surface area (Å²) in [6.45, 7) is 9.91. The van der Waals surface area contributed by atoms with E-state index in [0.717, 1.165) is 31.1 Å². The zero-order valence-corrected chi connectivity index (χ0v) is 14.1. The molecule has 0 saturated heterocycles. The van der Waals surface area contributed by atoms with E-state index >= 15 is 0 Å². The molecule has 1 aliphatic carbocycles. The summed E-state index contributed by atoms with van der Waals surface area (Å²) in [6.07, 6.45) is 12.0. The molecule has 2 nitrogen and oxygen atoms in total. The predicted molar refractivity (Wildman–Crippen MR) is 88.2 cm³/mol. The van der Waals surface area contributed by atoms with E-state index in [2.05, 4.69) is 26.1 Å². The molecule has 0 aromatic carbocycles. The Morgan fingerprint density at radius 3 is 2.50 bits per heavy atom. The Balaban J connectivity index is 2.32. The third-order valence-corrected chi connectivity index (χ3v) is 4.72. The van der Waals surface area contributed by atoms with Gasteiger partial charge in [0.2, 0.25) is 0 Å². The number of unbranched alkanes of at least 4 members (excludes halogenated alkanes) is 1. The maximum atomic E-state index is 5.80. The Morgan fingerprint density at radius 1 is 0.950 bits per heavy atom. The number of rotatable bonds is 11. The minimum absolute atomic E-state index is 0.748. The quantitative estimate of drug-likeness (QED) is 0.551. The van der Waals surface area contributed by atoms with Crippen LogP contribution >= 0.6 is 0 Å². The Bertz CT molecular complexity index is 219. The van der Waals surface area contributed by atoms with Crippen molar-refractivity contribution in [2.75, 3.05) is 19.8 Å². The van der Waals surface area contributed by atoms with Gasteiger partial charge in [-0.15, -0.1) is 0 Å². The fraction of sp³-hybridized carbons (Fsp3) is 1.00. The fourth-order valence-electron chi connectivity index (χ4n) is 3.53. The van der Waals surface area contributed by atoms with Gasteiger partial charge in [-0.1, -0.05) is 40.0 Å². The van der Waals surface area contributed by atoms with Crippen LogP contribution in [0.15, 0.2) is 0 Å². The van der Waals surface area contributed by atoms with Crippen molar-refractivity contribution >= 4 is 0 Å². The molecule has 3 atom stereocenters. The first-order valence-corrected chi connectivity index (χ1v) is 9.12. The van der Waals surface area contributed by atoms with Crippen LogP contribution in [0, 0.1) is 11.8 Å². The molecule has 0 aromatic heterocycles. The van der Waals surface area contributed by atoms with Gasteiger partial charge in [-0.3, -0.25) is 0 Å². The van der Waals surface area contributed by atoms with Crippen LogP contribution in [-0.4, -0.2) is 25.8 Å². The maximum Gasteiger partial charge on any atom is 0.0469 e. The zero-order valence-electron chi connectivity index (χ0n) is 14.1. The molecule has 0 aromatic rings. The lowest BCUT2D eigenvalue weighted by molar-refractivity contribution is 0.0931. The highest BCUT2D eigenvalue weighted by molar-refractivity contribution is 4.84. The highest BCUT2D eigenvalue weighted by Crippen LogP contribution is 2.34. The molecular formula is C18H37NO. The molecule has 120 valence electrons. The van der Waals surface area contributed by atoms with E-state index < -0.39 is 0 Å². The minimum atomic E-state index is 0.748. The van der Waals surface area contributed by atoms with Crippen molar-refractivity contribution in [1.29, 1.82) is 0 Å². The van der Waals surface area contributed by atoms with Crippen molar-refractivity contribution in [3.05, 3.63) is 0 Å². The normalized spacial score (nSPS) is 26.9.